The average molecular weight is 336 g/mol. The Hall–Kier alpha value is -1.89. The van der Waals surface area contributed by atoms with Gasteiger partial charge in [-0.3, -0.25) is 14.7 Å². The molecule has 0 unspecified atom stereocenters. The molecule has 0 aromatic carbocycles. The van der Waals surface area contributed by atoms with E-state index in [0.29, 0.717) is 19.5 Å². The first-order valence-corrected chi connectivity index (χ1v) is 7.86. The van der Waals surface area contributed by atoms with E-state index in [1.54, 1.807) is 6.20 Å². The molecule has 2 N–H and O–H groups in total. The smallest absolute Gasteiger partial charge is 0.287 e. The molecule has 6 nitrogen and oxygen atoms in total. The van der Waals surface area contributed by atoms with E-state index in [-0.39, 0.29) is 22.9 Å². The second kappa shape index (κ2) is 7.12. The van der Waals surface area contributed by atoms with Crippen molar-refractivity contribution in [1.29, 1.82) is 0 Å². The van der Waals surface area contributed by atoms with Gasteiger partial charge in [0.1, 0.15) is 0 Å². The van der Waals surface area contributed by atoms with Crippen LogP contribution in [0.2, 0.25) is 5.22 Å². The maximum absolute atomic E-state index is 12.0. The molecule has 2 aromatic heterocycles. The fraction of sp³-hybridized carbons (Fsp3) is 0.375. The number of nitrogens with one attached hydrogen (secondary N) is 1. The van der Waals surface area contributed by atoms with Gasteiger partial charge in [-0.15, -0.1) is 0 Å². The zero-order valence-corrected chi connectivity index (χ0v) is 13.2. The van der Waals surface area contributed by atoms with Crippen molar-refractivity contribution in [2.24, 2.45) is 0 Å². The molecule has 0 spiro atoms. The van der Waals surface area contributed by atoms with Gasteiger partial charge in [0.25, 0.3) is 5.91 Å². The molecule has 2 atom stereocenters. The third-order valence-electron chi connectivity index (χ3n) is 3.89. The first-order valence-electron chi connectivity index (χ1n) is 7.48. The summed E-state index contributed by atoms with van der Waals surface area (Å²) in [6, 6.07) is 8.51. The Morgan fingerprint density at radius 3 is 2.96 bits per heavy atom. The molecule has 3 heterocycles. The van der Waals surface area contributed by atoms with E-state index in [0.717, 1.165) is 12.2 Å². The molecule has 122 valence electrons. The molecular formula is C16H18ClN3O3. The number of aliphatic hydroxyl groups excluding tert-OH is 1. The number of hydrogen-bond donors (Lipinski definition) is 2. The summed E-state index contributed by atoms with van der Waals surface area (Å²) in [6.07, 6.45) is 1.78. The van der Waals surface area contributed by atoms with Crippen LogP contribution in [-0.4, -0.2) is 46.1 Å². The molecule has 3 rings (SSSR count). The van der Waals surface area contributed by atoms with E-state index in [2.05, 4.69) is 15.2 Å². The Bertz CT molecular complexity index is 662. The van der Waals surface area contributed by atoms with Gasteiger partial charge in [-0.2, -0.15) is 0 Å². The summed E-state index contributed by atoms with van der Waals surface area (Å²) in [6.45, 7) is 1.95. The van der Waals surface area contributed by atoms with Crippen LogP contribution in [-0.2, 0) is 6.54 Å². The highest BCUT2D eigenvalue weighted by Crippen LogP contribution is 2.16. The summed E-state index contributed by atoms with van der Waals surface area (Å²) in [5.74, 6) is -0.211. The minimum Gasteiger partial charge on any atom is -0.440 e. The summed E-state index contributed by atoms with van der Waals surface area (Å²) < 4.78 is 5.08. The van der Waals surface area contributed by atoms with Gasteiger partial charge in [-0.05, 0) is 42.3 Å². The molecule has 1 amide bonds. The molecule has 23 heavy (non-hydrogen) atoms. The number of piperidine rings is 1. The molecule has 2 aromatic rings. The molecule has 1 saturated heterocycles. The number of furan rings is 1. The molecule has 1 fully saturated rings. The third kappa shape index (κ3) is 4.10. The summed E-state index contributed by atoms with van der Waals surface area (Å²) in [5.41, 5.74) is 0.965. The SMILES string of the molecule is O=C(N[C@H]1CCN(Cc2ccccn2)C[C@@H]1O)c1ccc(Cl)o1. The number of pyridine rings is 1. The van der Waals surface area contributed by atoms with Crippen molar-refractivity contribution >= 4 is 17.5 Å². The zero-order valence-electron chi connectivity index (χ0n) is 12.5. The van der Waals surface area contributed by atoms with Crippen molar-refractivity contribution in [2.75, 3.05) is 13.1 Å². The third-order valence-corrected chi connectivity index (χ3v) is 4.09. The number of carbonyl (C=O) groups is 1. The van der Waals surface area contributed by atoms with Gasteiger partial charge in [0.15, 0.2) is 11.0 Å². The van der Waals surface area contributed by atoms with E-state index in [4.69, 9.17) is 16.0 Å². The number of nitrogens with zero attached hydrogens (tertiary/aromatic N) is 2. The van der Waals surface area contributed by atoms with Gasteiger partial charge in [0, 0.05) is 25.8 Å². The van der Waals surface area contributed by atoms with Crippen molar-refractivity contribution in [3.8, 4) is 0 Å². The number of aliphatic hydroxyl groups is 1. The highest BCUT2D eigenvalue weighted by molar-refractivity contribution is 6.29. The van der Waals surface area contributed by atoms with Gasteiger partial charge in [-0.1, -0.05) is 6.07 Å². The van der Waals surface area contributed by atoms with Crippen molar-refractivity contribution < 1.29 is 14.3 Å². The van der Waals surface area contributed by atoms with E-state index in [9.17, 15) is 9.90 Å². The highest BCUT2D eigenvalue weighted by atomic mass is 35.5. The largest absolute Gasteiger partial charge is 0.440 e. The van der Waals surface area contributed by atoms with Crippen LogP contribution in [0.4, 0.5) is 0 Å². The van der Waals surface area contributed by atoms with E-state index < -0.39 is 6.10 Å². The highest BCUT2D eigenvalue weighted by Gasteiger charge is 2.29. The number of likely N-dealkylation sites (tertiary alicyclic amines) is 1. The van der Waals surface area contributed by atoms with Crippen LogP contribution in [0.3, 0.4) is 0 Å². The number of carbonyl (C=O) groups excluding carboxylic acids is 1. The van der Waals surface area contributed by atoms with Crippen LogP contribution in [0, 0.1) is 0 Å². The molecule has 1 aliphatic heterocycles. The van der Waals surface area contributed by atoms with Crippen LogP contribution in [0.1, 0.15) is 22.7 Å². The van der Waals surface area contributed by atoms with Gasteiger partial charge in [0.05, 0.1) is 17.8 Å². The van der Waals surface area contributed by atoms with Gasteiger partial charge >= 0.3 is 0 Å². The molecule has 0 aliphatic carbocycles. The van der Waals surface area contributed by atoms with Gasteiger partial charge in [0.2, 0.25) is 0 Å². The maximum Gasteiger partial charge on any atom is 0.287 e. The number of amides is 1. The van der Waals surface area contributed by atoms with Gasteiger partial charge in [-0.25, -0.2) is 0 Å². The number of hydrogen-bond acceptors (Lipinski definition) is 5. The Balaban J connectivity index is 1.53. The number of aromatic nitrogens is 1. The number of β-amino-alcohol motifs (C(OH)–C–C–N with tert-alkyl or cyclic N) is 1. The monoisotopic (exact) mass is 335 g/mol. The van der Waals surface area contributed by atoms with Gasteiger partial charge < -0.3 is 14.8 Å². The maximum atomic E-state index is 12.0. The molecule has 0 bridgehead atoms. The Morgan fingerprint density at radius 2 is 2.30 bits per heavy atom. The van der Waals surface area contributed by atoms with Crippen molar-refractivity contribution in [1.82, 2.24) is 15.2 Å². The summed E-state index contributed by atoms with van der Waals surface area (Å²) in [7, 11) is 0. The number of rotatable bonds is 4. The van der Waals surface area contributed by atoms with Crippen LogP contribution >= 0.6 is 11.6 Å². The van der Waals surface area contributed by atoms with Crippen LogP contribution < -0.4 is 5.32 Å². The number of halogens is 1. The van der Waals surface area contributed by atoms with Crippen LogP contribution in [0.5, 0.6) is 0 Å². The van der Waals surface area contributed by atoms with Crippen LogP contribution in [0.25, 0.3) is 0 Å². The standard InChI is InChI=1S/C16H18ClN3O3/c17-15-5-4-14(23-15)16(22)19-12-6-8-20(10-13(12)21)9-11-3-1-2-7-18-11/h1-5,7,12-13,21H,6,8-10H2,(H,19,22)/t12-,13-/m0/s1. The lowest BCUT2D eigenvalue weighted by Crippen LogP contribution is -2.53. The Labute approximate surface area is 139 Å². The van der Waals surface area contributed by atoms with E-state index >= 15 is 0 Å². The lowest BCUT2D eigenvalue weighted by atomic mass is 10.0. The zero-order chi connectivity index (χ0) is 16.2. The Morgan fingerprint density at radius 1 is 1.43 bits per heavy atom. The lowest BCUT2D eigenvalue weighted by molar-refractivity contribution is 0.0339. The predicted molar refractivity (Wildman–Crippen MR) is 85.1 cm³/mol. The molecule has 7 heteroatoms. The minimum absolute atomic E-state index is 0.151. The summed E-state index contributed by atoms with van der Waals surface area (Å²) >= 11 is 5.66. The quantitative estimate of drug-likeness (QED) is 0.889. The van der Waals surface area contributed by atoms with E-state index in [1.807, 2.05) is 18.2 Å². The molecule has 0 saturated carbocycles. The van der Waals surface area contributed by atoms with Crippen molar-refractivity contribution in [2.45, 2.75) is 25.1 Å². The minimum atomic E-state index is -0.637. The topological polar surface area (TPSA) is 78.6 Å². The summed E-state index contributed by atoms with van der Waals surface area (Å²) in [4.78, 5) is 18.5. The normalized spacial score (nSPS) is 22.0. The average Bonchev–Trinajstić information content (AvgIpc) is 2.98. The summed E-state index contributed by atoms with van der Waals surface area (Å²) in [5, 5.41) is 13.3. The van der Waals surface area contributed by atoms with Crippen molar-refractivity contribution in [3.63, 3.8) is 0 Å². The Kier molecular flexibility index (Phi) is 4.95. The van der Waals surface area contributed by atoms with Crippen molar-refractivity contribution in [3.05, 3.63) is 53.2 Å². The fourth-order valence-corrected chi connectivity index (χ4v) is 2.85. The fourth-order valence-electron chi connectivity index (χ4n) is 2.71. The second-order valence-electron chi connectivity index (χ2n) is 5.60. The second-order valence-corrected chi connectivity index (χ2v) is 5.97. The molecule has 0 radical (unpaired) electrons. The van der Waals surface area contributed by atoms with E-state index in [1.165, 1.54) is 12.1 Å². The predicted octanol–water partition coefficient (Wildman–Crippen LogP) is 1.69. The lowest BCUT2D eigenvalue weighted by Gasteiger charge is -2.35. The molecular weight excluding hydrogens is 318 g/mol. The molecule has 1 aliphatic rings. The van der Waals surface area contributed by atoms with Crippen LogP contribution in [0.15, 0.2) is 40.9 Å². The first-order chi connectivity index (χ1) is 11.1. The first kappa shape index (κ1) is 16.0.